The third-order valence-electron chi connectivity index (χ3n) is 6.06. The minimum atomic E-state index is -0.137. The predicted octanol–water partition coefficient (Wildman–Crippen LogP) is 3.37. The summed E-state index contributed by atoms with van der Waals surface area (Å²) in [7, 11) is 0. The Labute approximate surface area is 209 Å². The van der Waals surface area contributed by atoms with Crippen molar-refractivity contribution in [3.05, 3.63) is 59.8 Å². The standard InChI is InChI=1S/C26H32N6O2S/c1-3-31(4-2)15-5-13-28-25(34)20-10-11-22-23(16-20)35-26-30-21(17-32(22)26)18-6-8-19(9-7-18)24(33)29-14-12-27/h6-11,16-17H,3-5,12-15,27H2,1-2H3,(H,28,34)(H,29,33). The Morgan fingerprint density at radius 1 is 1.00 bits per heavy atom. The zero-order valence-electron chi connectivity index (χ0n) is 20.2. The number of carbonyl (C=O) groups excluding carboxylic acids is 2. The van der Waals surface area contributed by atoms with Gasteiger partial charge in [0, 0.05) is 42.5 Å². The Hall–Kier alpha value is -3.27. The van der Waals surface area contributed by atoms with E-state index in [0.29, 0.717) is 30.8 Å². The smallest absolute Gasteiger partial charge is 0.251 e. The average molecular weight is 493 g/mol. The second-order valence-corrected chi connectivity index (χ2v) is 9.33. The zero-order chi connectivity index (χ0) is 24.8. The highest BCUT2D eigenvalue weighted by molar-refractivity contribution is 7.23. The Kier molecular flexibility index (Phi) is 8.12. The van der Waals surface area contributed by atoms with E-state index in [4.69, 9.17) is 10.7 Å². The Bertz CT molecular complexity index is 1310. The summed E-state index contributed by atoms with van der Waals surface area (Å²) in [5, 5.41) is 5.80. The summed E-state index contributed by atoms with van der Waals surface area (Å²) in [6.45, 7) is 8.87. The highest BCUT2D eigenvalue weighted by Crippen LogP contribution is 2.30. The Morgan fingerprint density at radius 3 is 2.40 bits per heavy atom. The van der Waals surface area contributed by atoms with Crippen LogP contribution in [0.4, 0.5) is 0 Å². The molecule has 0 aliphatic heterocycles. The van der Waals surface area contributed by atoms with Crippen LogP contribution >= 0.6 is 11.3 Å². The first kappa shape index (κ1) is 24.8. The normalized spacial score (nSPS) is 11.4. The lowest BCUT2D eigenvalue weighted by Gasteiger charge is -2.17. The van der Waals surface area contributed by atoms with Gasteiger partial charge >= 0.3 is 0 Å². The molecule has 2 aromatic heterocycles. The van der Waals surface area contributed by atoms with Crippen molar-refractivity contribution in [2.24, 2.45) is 5.73 Å². The van der Waals surface area contributed by atoms with Crippen molar-refractivity contribution in [1.29, 1.82) is 0 Å². The predicted molar refractivity (Wildman–Crippen MR) is 142 cm³/mol. The van der Waals surface area contributed by atoms with Gasteiger partial charge in [0.25, 0.3) is 11.8 Å². The maximum absolute atomic E-state index is 12.6. The van der Waals surface area contributed by atoms with Gasteiger partial charge in [-0.25, -0.2) is 4.98 Å². The van der Waals surface area contributed by atoms with Gasteiger partial charge in [-0.1, -0.05) is 37.3 Å². The van der Waals surface area contributed by atoms with Gasteiger partial charge in [0.1, 0.15) is 0 Å². The minimum absolute atomic E-state index is 0.0474. The van der Waals surface area contributed by atoms with E-state index in [1.54, 1.807) is 23.5 Å². The SMILES string of the molecule is CCN(CC)CCCNC(=O)c1ccc2c(c1)sc1nc(-c3ccc(C(=O)NCCN)cc3)cn12. The van der Waals surface area contributed by atoms with E-state index < -0.39 is 0 Å². The second kappa shape index (κ2) is 11.4. The number of hydrogen-bond donors (Lipinski definition) is 3. The van der Waals surface area contributed by atoms with Crippen LogP contribution in [0.1, 0.15) is 41.0 Å². The van der Waals surface area contributed by atoms with Crippen molar-refractivity contribution in [2.45, 2.75) is 20.3 Å². The largest absolute Gasteiger partial charge is 0.352 e. The summed E-state index contributed by atoms with van der Waals surface area (Å²) in [4.78, 5) is 32.7. The van der Waals surface area contributed by atoms with Crippen molar-refractivity contribution < 1.29 is 9.59 Å². The number of aromatic nitrogens is 2. The van der Waals surface area contributed by atoms with E-state index in [1.165, 1.54) is 0 Å². The quantitative estimate of drug-likeness (QED) is 0.279. The van der Waals surface area contributed by atoms with Gasteiger partial charge in [0.15, 0.2) is 4.96 Å². The Balaban J connectivity index is 1.44. The van der Waals surface area contributed by atoms with Gasteiger partial charge < -0.3 is 21.3 Å². The maximum Gasteiger partial charge on any atom is 0.251 e. The summed E-state index contributed by atoms with van der Waals surface area (Å²) in [5.41, 5.74) is 9.48. The fourth-order valence-corrected chi connectivity index (χ4v) is 5.05. The molecule has 8 nitrogen and oxygen atoms in total. The molecule has 0 atom stereocenters. The third kappa shape index (κ3) is 5.70. The van der Waals surface area contributed by atoms with Gasteiger partial charge in [0.05, 0.1) is 15.9 Å². The van der Waals surface area contributed by atoms with Crippen LogP contribution in [-0.2, 0) is 0 Å². The van der Waals surface area contributed by atoms with Crippen LogP contribution in [0.15, 0.2) is 48.7 Å². The number of carbonyl (C=O) groups is 2. The van der Waals surface area contributed by atoms with Crippen molar-refractivity contribution >= 4 is 38.3 Å². The van der Waals surface area contributed by atoms with Crippen LogP contribution < -0.4 is 16.4 Å². The summed E-state index contributed by atoms with van der Waals surface area (Å²) in [6.07, 6.45) is 2.93. The fraction of sp³-hybridized carbons (Fsp3) is 0.346. The number of nitrogens with one attached hydrogen (secondary N) is 2. The third-order valence-corrected chi connectivity index (χ3v) is 7.08. The van der Waals surface area contributed by atoms with Crippen molar-refractivity contribution in [3.8, 4) is 11.3 Å². The van der Waals surface area contributed by atoms with Crippen molar-refractivity contribution in [3.63, 3.8) is 0 Å². The van der Waals surface area contributed by atoms with Crippen LogP contribution in [0.2, 0.25) is 0 Å². The highest BCUT2D eigenvalue weighted by Gasteiger charge is 2.14. The molecule has 4 aromatic rings. The lowest BCUT2D eigenvalue weighted by atomic mass is 10.1. The molecule has 2 heterocycles. The molecule has 0 saturated heterocycles. The number of nitrogens with two attached hydrogens (primary N) is 1. The number of hydrogen-bond acceptors (Lipinski definition) is 6. The first-order valence-corrected chi connectivity index (χ1v) is 12.9. The number of imidazole rings is 1. The summed E-state index contributed by atoms with van der Waals surface area (Å²) in [6, 6.07) is 13.1. The summed E-state index contributed by atoms with van der Waals surface area (Å²) < 4.78 is 3.06. The molecule has 0 fully saturated rings. The van der Waals surface area contributed by atoms with Crippen LogP contribution in [0.25, 0.3) is 26.4 Å². The van der Waals surface area contributed by atoms with Crippen LogP contribution in [0.3, 0.4) is 0 Å². The van der Waals surface area contributed by atoms with Gasteiger partial charge in [-0.3, -0.25) is 14.0 Å². The van der Waals surface area contributed by atoms with E-state index >= 15 is 0 Å². The highest BCUT2D eigenvalue weighted by atomic mass is 32.1. The van der Waals surface area contributed by atoms with E-state index in [1.807, 2.05) is 40.9 Å². The number of rotatable bonds is 11. The first-order chi connectivity index (χ1) is 17.0. The van der Waals surface area contributed by atoms with Crippen LogP contribution in [-0.4, -0.2) is 65.4 Å². The van der Waals surface area contributed by atoms with E-state index in [-0.39, 0.29) is 11.8 Å². The molecule has 0 unspecified atom stereocenters. The lowest BCUT2D eigenvalue weighted by Crippen LogP contribution is -2.29. The summed E-state index contributed by atoms with van der Waals surface area (Å²) >= 11 is 1.55. The van der Waals surface area contributed by atoms with E-state index in [0.717, 1.165) is 52.5 Å². The molecule has 0 spiro atoms. The molecular weight excluding hydrogens is 460 g/mol. The van der Waals surface area contributed by atoms with Crippen LogP contribution in [0, 0.1) is 0 Å². The van der Waals surface area contributed by atoms with Gasteiger partial charge in [-0.05, 0) is 56.4 Å². The number of nitrogens with zero attached hydrogens (tertiary/aromatic N) is 3. The molecular formula is C26H32N6O2S. The van der Waals surface area contributed by atoms with Crippen LogP contribution in [0.5, 0.6) is 0 Å². The first-order valence-electron chi connectivity index (χ1n) is 12.0. The number of amides is 2. The molecule has 35 heavy (non-hydrogen) atoms. The van der Waals surface area contributed by atoms with Crippen molar-refractivity contribution in [1.82, 2.24) is 24.9 Å². The maximum atomic E-state index is 12.6. The molecule has 4 rings (SSSR count). The van der Waals surface area contributed by atoms with E-state index in [2.05, 4.69) is 29.4 Å². The molecule has 0 aliphatic rings. The molecule has 2 amide bonds. The molecule has 184 valence electrons. The van der Waals surface area contributed by atoms with Gasteiger partial charge in [-0.2, -0.15) is 0 Å². The molecule has 0 saturated carbocycles. The molecule has 0 bridgehead atoms. The lowest BCUT2D eigenvalue weighted by molar-refractivity contribution is 0.0945. The molecule has 0 radical (unpaired) electrons. The number of thiazole rings is 1. The molecule has 9 heteroatoms. The monoisotopic (exact) mass is 492 g/mol. The van der Waals surface area contributed by atoms with Crippen molar-refractivity contribution in [2.75, 3.05) is 39.3 Å². The molecule has 0 aliphatic carbocycles. The van der Waals surface area contributed by atoms with Gasteiger partial charge in [-0.15, -0.1) is 0 Å². The number of benzene rings is 2. The fourth-order valence-electron chi connectivity index (χ4n) is 4.01. The zero-order valence-corrected chi connectivity index (χ0v) is 21.0. The number of fused-ring (bicyclic) bond motifs is 3. The molecule has 4 N–H and O–H groups in total. The summed E-state index contributed by atoms with van der Waals surface area (Å²) in [5.74, 6) is -0.184. The average Bonchev–Trinajstić information content (AvgIpc) is 3.45. The Morgan fingerprint density at radius 2 is 1.69 bits per heavy atom. The van der Waals surface area contributed by atoms with Gasteiger partial charge in [0.2, 0.25) is 0 Å². The second-order valence-electron chi connectivity index (χ2n) is 8.32. The van der Waals surface area contributed by atoms with E-state index in [9.17, 15) is 9.59 Å². The topological polar surface area (TPSA) is 105 Å². The molecule has 2 aromatic carbocycles. The minimum Gasteiger partial charge on any atom is -0.352 e.